The number of methoxy groups -OCH3 is 1. The summed E-state index contributed by atoms with van der Waals surface area (Å²) in [6.45, 7) is 4.59. The highest BCUT2D eigenvalue weighted by atomic mass is 35.5. The fourth-order valence-electron chi connectivity index (χ4n) is 4.04. The summed E-state index contributed by atoms with van der Waals surface area (Å²) in [5.74, 6) is -0.476. The standard InChI is InChI=1S/C18H22ClFN2O3/c1-12(23)22-9-14-8-21(6-5-18(14,10-22)11-25-2)17(24)13-3-4-16(20)15(19)7-13/h3-4,7,14H,5-6,8-11H2,1-2H3/t14-,18+/m1/s1. The maximum Gasteiger partial charge on any atom is 0.253 e. The number of nitrogens with zero attached hydrogens (tertiary/aromatic N) is 2. The van der Waals surface area contributed by atoms with Gasteiger partial charge in [-0.15, -0.1) is 0 Å². The molecule has 7 heteroatoms. The number of amides is 2. The van der Waals surface area contributed by atoms with Gasteiger partial charge < -0.3 is 14.5 Å². The second kappa shape index (κ2) is 6.92. The number of carbonyl (C=O) groups is 2. The van der Waals surface area contributed by atoms with Crippen molar-refractivity contribution in [2.75, 3.05) is 39.9 Å². The molecule has 0 unspecified atom stereocenters. The van der Waals surface area contributed by atoms with Gasteiger partial charge in [-0.3, -0.25) is 9.59 Å². The summed E-state index contributed by atoms with van der Waals surface area (Å²) in [4.78, 5) is 28.2. The monoisotopic (exact) mass is 368 g/mol. The van der Waals surface area contributed by atoms with Crippen LogP contribution in [0.15, 0.2) is 18.2 Å². The lowest BCUT2D eigenvalue weighted by atomic mass is 9.73. The molecule has 136 valence electrons. The first kappa shape index (κ1) is 18.1. The molecular formula is C18H22ClFN2O3. The zero-order valence-corrected chi connectivity index (χ0v) is 15.2. The number of rotatable bonds is 3. The Hall–Kier alpha value is -1.66. The number of likely N-dealkylation sites (tertiary alicyclic amines) is 2. The van der Waals surface area contributed by atoms with E-state index in [4.69, 9.17) is 16.3 Å². The average Bonchev–Trinajstić information content (AvgIpc) is 2.96. The minimum Gasteiger partial charge on any atom is -0.384 e. The topological polar surface area (TPSA) is 49.9 Å². The molecule has 2 atom stereocenters. The Morgan fingerprint density at radius 3 is 2.72 bits per heavy atom. The van der Waals surface area contributed by atoms with E-state index in [1.807, 2.05) is 4.90 Å². The van der Waals surface area contributed by atoms with Gasteiger partial charge in [0.1, 0.15) is 5.82 Å². The molecular weight excluding hydrogens is 347 g/mol. The minimum atomic E-state index is -0.538. The first-order valence-corrected chi connectivity index (χ1v) is 8.73. The van der Waals surface area contributed by atoms with E-state index in [0.29, 0.717) is 38.3 Å². The van der Waals surface area contributed by atoms with Gasteiger partial charge in [0.2, 0.25) is 5.91 Å². The van der Waals surface area contributed by atoms with Gasteiger partial charge in [0.25, 0.3) is 5.91 Å². The summed E-state index contributed by atoms with van der Waals surface area (Å²) >= 11 is 5.80. The van der Waals surface area contributed by atoms with Crippen molar-refractivity contribution < 1.29 is 18.7 Å². The molecule has 0 aromatic heterocycles. The van der Waals surface area contributed by atoms with Crippen LogP contribution in [0.25, 0.3) is 0 Å². The third-order valence-corrected chi connectivity index (χ3v) is 5.75. The molecule has 1 aromatic carbocycles. The molecule has 0 aliphatic carbocycles. The predicted octanol–water partition coefficient (Wildman–Crippen LogP) is 2.44. The van der Waals surface area contributed by atoms with Gasteiger partial charge >= 0.3 is 0 Å². The van der Waals surface area contributed by atoms with E-state index in [1.54, 1.807) is 18.9 Å². The lowest BCUT2D eigenvalue weighted by Crippen LogP contribution is -2.50. The molecule has 0 spiro atoms. The van der Waals surface area contributed by atoms with Crippen molar-refractivity contribution in [3.05, 3.63) is 34.6 Å². The summed E-state index contributed by atoms with van der Waals surface area (Å²) < 4.78 is 18.7. The van der Waals surface area contributed by atoms with Crippen molar-refractivity contribution >= 4 is 23.4 Å². The molecule has 0 radical (unpaired) electrons. The molecule has 2 amide bonds. The van der Waals surface area contributed by atoms with Gasteiger partial charge in [-0.1, -0.05) is 11.6 Å². The summed E-state index contributed by atoms with van der Waals surface area (Å²) in [7, 11) is 1.67. The number of hydrogen-bond donors (Lipinski definition) is 0. The SMILES string of the molecule is COC[C@@]12CCN(C(=O)c3ccc(F)c(Cl)c3)C[C@@H]1CN(C(C)=O)C2. The Kier molecular flexibility index (Phi) is 5.02. The van der Waals surface area contributed by atoms with Crippen molar-refractivity contribution in [1.29, 1.82) is 0 Å². The molecule has 0 bridgehead atoms. The second-order valence-electron chi connectivity index (χ2n) is 7.02. The zero-order chi connectivity index (χ0) is 18.2. The van der Waals surface area contributed by atoms with Gasteiger partial charge in [0, 0.05) is 57.1 Å². The van der Waals surface area contributed by atoms with Gasteiger partial charge in [0.15, 0.2) is 0 Å². The Balaban J connectivity index is 1.78. The van der Waals surface area contributed by atoms with E-state index >= 15 is 0 Å². The van der Waals surface area contributed by atoms with Crippen molar-refractivity contribution in [2.45, 2.75) is 13.3 Å². The van der Waals surface area contributed by atoms with Crippen LogP contribution in [0.2, 0.25) is 5.02 Å². The summed E-state index contributed by atoms with van der Waals surface area (Å²) in [6.07, 6.45) is 0.774. The van der Waals surface area contributed by atoms with E-state index in [0.717, 1.165) is 6.42 Å². The molecule has 5 nitrogen and oxygen atoms in total. The van der Waals surface area contributed by atoms with Crippen LogP contribution in [-0.2, 0) is 9.53 Å². The first-order valence-electron chi connectivity index (χ1n) is 8.35. The van der Waals surface area contributed by atoms with Crippen molar-refractivity contribution in [1.82, 2.24) is 9.80 Å². The Morgan fingerprint density at radius 1 is 1.36 bits per heavy atom. The van der Waals surface area contributed by atoms with Crippen LogP contribution in [-0.4, -0.2) is 61.5 Å². The molecule has 3 rings (SSSR count). The molecule has 1 aromatic rings. The molecule has 2 saturated heterocycles. The Labute approximate surface area is 151 Å². The highest BCUT2D eigenvalue weighted by Gasteiger charge is 2.50. The van der Waals surface area contributed by atoms with E-state index in [-0.39, 0.29) is 28.2 Å². The lowest BCUT2D eigenvalue weighted by molar-refractivity contribution is -0.128. The van der Waals surface area contributed by atoms with E-state index in [2.05, 4.69) is 0 Å². The van der Waals surface area contributed by atoms with Crippen LogP contribution < -0.4 is 0 Å². The number of ether oxygens (including phenoxy) is 1. The third kappa shape index (κ3) is 3.37. The van der Waals surface area contributed by atoms with E-state index in [9.17, 15) is 14.0 Å². The number of piperidine rings is 1. The number of carbonyl (C=O) groups excluding carboxylic acids is 2. The highest BCUT2D eigenvalue weighted by molar-refractivity contribution is 6.31. The number of fused-ring (bicyclic) bond motifs is 1. The molecule has 0 saturated carbocycles. The lowest BCUT2D eigenvalue weighted by Gasteiger charge is -2.43. The second-order valence-corrected chi connectivity index (χ2v) is 7.43. The number of halogens is 2. The number of benzene rings is 1. The van der Waals surface area contributed by atoms with Crippen LogP contribution in [0.3, 0.4) is 0 Å². The first-order chi connectivity index (χ1) is 11.9. The fraction of sp³-hybridized carbons (Fsp3) is 0.556. The summed E-state index contributed by atoms with van der Waals surface area (Å²) in [6, 6.07) is 4.03. The van der Waals surface area contributed by atoms with Gasteiger partial charge in [-0.25, -0.2) is 4.39 Å². The summed E-state index contributed by atoms with van der Waals surface area (Å²) in [5.41, 5.74) is 0.282. The van der Waals surface area contributed by atoms with Crippen LogP contribution in [0.1, 0.15) is 23.7 Å². The Bertz CT molecular complexity index is 699. The van der Waals surface area contributed by atoms with Crippen LogP contribution in [0.4, 0.5) is 4.39 Å². The number of hydrogen-bond acceptors (Lipinski definition) is 3. The molecule has 2 heterocycles. The van der Waals surface area contributed by atoms with Crippen LogP contribution in [0, 0.1) is 17.2 Å². The summed E-state index contributed by atoms with van der Waals surface area (Å²) in [5, 5.41) is -0.0554. The van der Waals surface area contributed by atoms with E-state index in [1.165, 1.54) is 18.2 Å². The Morgan fingerprint density at radius 2 is 2.08 bits per heavy atom. The smallest absolute Gasteiger partial charge is 0.253 e. The maximum atomic E-state index is 13.3. The van der Waals surface area contributed by atoms with E-state index < -0.39 is 5.82 Å². The molecule has 0 N–H and O–H groups in total. The third-order valence-electron chi connectivity index (χ3n) is 5.46. The molecule has 2 aliphatic heterocycles. The zero-order valence-electron chi connectivity index (χ0n) is 14.4. The van der Waals surface area contributed by atoms with Crippen LogP contribution in [0.5, 0.6) is 0 Å². The van der Waals surface area contributed by atoms with Crippen molar-refractivity contribution in [3.8, 4) is 0 Å². The predicted molar refractivity (Wildman–Crippen MR) is 92.0 cm³/mol. The molecule has 25 heavy (non-hydrogen) atoms. The maximum absolute atomic E-state index is 13.3. The van der Waals surface area contributed by atoms with Crippen LogP contribution >= 0.6 is 11.6 Å². The van der Waals surface area contributed by atoms with Crippen molar-refractivity contribution in [2.24, 2.45) is 11.3 Å². The fourth-order valence-corrected chi connectivity index (χ4v) is 4.22. The van der Waals surface area contributed by atoms with Gasteiger partial charge in [0.05, 0.1) is 11.6 Å². The molecule has 2 fully saturated rings. The molecule has 2 aliphatic rings. The minimum absolute atomic E-state index is 0.0491. The quantitative estimate of drug-likeness (QED) is 0.823. The van der Waals surface area contributed by atoms with Gasteiger partial charge in [-0.2, -0.15) is 0 Å². The van der Waals surface area contributed by atoms with Crippen molar-refractivity contribution in [3.63, 3.8) is 0 Å². The average molecular weight is 369 g/mol. The normalized spacial score (nSPS) is 25.8. The largest absolute Gasteiger partial charge is 0.384 e. The highest BCUT2D eigenvalue weighted by Crippen LogP contribution is 2.43. The van der Waals surface area contributed by atoms with Gasteiger partial charge in [-0.05, 0) is 24.6 Å².